The topological polar surface area (TPSA) is 109 Å². The highest BCUT2D eigenvalue weighted by Gasteiger charge is 2.37. The van der Waals surface area contributed by atoms with E-state index >= 15 is 0 Å². The normalized spacial score (nSPS) is 21.8. The second-order valence-electron chi connectivity index (χ2n) is 13.7. The number of carbonyl (C=O) groups is 1. The Morgan fingerprint density at radius 2 is 1.87 bits per heavy atom. The third kappa shape index (κ3) is 6.21. The summed E-state index contributed by atoms with van der Waals surface area (Å²) in [5.41, 5.74) is 5.51. The Kier molecular flexibility index (Phi) is 8.67. The molecule has 3 aromatic rings. The number of benzene rings is 2. The van der Waals surface area contributed by atoms with Crippen LogP contribution < -0.4 is 14.5 Å². The molecule has 3 fully saturated rings. The fourth-order valence-electron chi connectivity index (χ4n) is 7.66. The summed E-state index contributed by atoms with van der Waals surface area (Å²) in [6, 6.07) is 15.7. The standard InChI is InChI=1S/C37H45N7O3/c1-24-7-4-8-26-9-5-11-32(33(24)26)42-18-15-30-31(22-42)39-37(47-23-29-10-6-17-41(29)3)40-35(30)43-19-20-44(28(21-43)14-16-38)36(46)25(2)34(45)27-12-13-27/h4-5,7-9,11,25,28-29,45H,6,10,12-15,17-23H2,1-3H3/t25?,28-,29-/m0/s1. The molecule has 3 aliphatic heterocycles. The van der Waals surface area contributed by atoms with E-state index in [1.165, 1.54) is 22.0 Å². The van der Waals surface area contributed by atoms with Crippen molar-refractivity contribution in [2.45, 2.75) is 71.0 Å². The smallest absolute Gasteiger partial charge is 0.318 e. The first-order valence-corrected chi connectivity index (χ1v) is 17.1. The zero-order chi connectivity index (χ0) is 32.7. The van der Waals surface area contributed by atoms with Gasteiger partial charge in [0, 0.05) is 48.9 Å². The summed E-state index contributed by atoms with van der Waals surface area (Å²) in [6.07, 6.45) is 4.97. The number of fused-ring (bicyclic) bond motifs is 2. The van der Waals surface area contributed by atoms with Crippen molar-refractivity contribution in [2.24, 2.45) is 5.92 Å². The summed E-state index contributed by atoms with van der Waals surface area (Å²) in [5.74, 6) is 0.352. The number of carbonyl (C=O) groups excluding carboxylic acids is 1. The average molecular weight is 636 g/mol. The molecule has 2 aromatic carbocycles. The van der Waals surface area contributed by atoms with Crippen molar-refractivity contribution in [1.29, 1.82) is 5.26 Å². The zero-order valence-corrected chi connectivity index (χ0v) is 27.8. The van der Waals surface area contributed by atoms with Crippen molar-refractivity contribution < 1.29 is 14.6 Å². The van der Waals surface area contributed by atoms with Crippen LogP contribution in [0.25, 0.3) is 10.8 Å². The second kappa shape index (κ2) is 13.0. The number of aliphatic hydroxyl groups excluding tert-OH is 1. The lowest BCUT2D eigenvalue weighted by Gasteiger charge is -2.43. The van der Waals surface area contributed by atoms with Gasteiger partial charge in [-0.2, -0.15) is 15.2 Å². The number of rotatable bonds is 8. The maximum absolute atomic E-state index is 13.6. The van der Waals surface area contributed by atoms with Gasteiger partial charge in [0.05, 0.1) is 36.7 Å². The van der Waals surface area contributed by atoms with Crippen molar-refractivity contribution in [2.75, 3.05) is 56.2 Å². The molecule has 0 radical (unpaired) electrons. The molecule has 10 heteroatoms. The summed E-state index contributed by atoms with van der Waals surface area (Å²) < 4.78 is 6.35. The lowest BCUT2D eigenvalue weighted by Crippen LogP contribution is -2.57. The minimum atomic E-state index is -0.593. The fourth-order valence-corrected chi connectivity index (χ4v) is 7.66. The quantitative estimate of drug-likeness (QED) is 0.336. The van der Waals surface area contributed by atoms with E-state index in [-0.39, 0.29) is 24.1 Å². The Morgan fingerprint density at radius 1 is 1.06 bits per heavy atom. The molecule has 10 nitrogen and oxygen atoms in total. The van der Waals surface area contributed by atoms with Crippen molar-refractivity contribution in [3.8, 4) is 12.1 Å². The predicted octanol–water partition coefficient (Wildman–Crippen LogP) is 5.15. The molecule has 4 heterocycles. The molecule has 47 heavy (non-hydrogen) atoms. The van der Waals surface area contributed by atoms with Gasteiger partial charge in [-0.25, -0.2) is 0 Å². The van der Waals surface area contributed by atoms with Crippen LogP contribution in [0.2, 0.25) is 0 Å². The fraction of sp³-hybridized carbons (Fsp3) is 0.514. The third-order valence-corrected chi connectivity index (χ3v) is 10.6. The van der Waals surface area contributed by atoms with Gasteiger partial charge < -0.3 is 29.4 Å². The number of allylic oxidation sites excluding steroid dienone is 1. The zero-order valence-electron chi connectivity index (χ0n) is 27.8. The molecule has 1 aromatic heterocycles. The number of likely N-dealkylation sites (tertiary alicyclic amines) is 1. The van der Waals surface area contributed by atoms with Crippen LogP contribution >= 0.6 is 0 Å². The van der Waals surface area contributed by atoms with Crippen LogP contribution in [0.1, 0.15) is 55.8 Å². The highest BCUT2D eigenvalue weighted by Crippen LogP contribution is 2.37. The van der Waals surface area contributed by atoms with Gasteiger partial charge in [0.2, 0.25) is 5.91 Å². The first-order valence-electron chi connectivity index (χ1n) is 17.1. The Bertz CT molecular complexity index is 1740. The van der Waals surface area contributed by atoms with E-state index in [0.717, 1.165) is 67.8 Å². The highest BCUT2D eigenvalue weighted by molar-refractivity contribution is 5.97. The molecule has 0 bridgehead atoms. The third-order valence-electron chi connectivity index (χ3n) is 10.6. The minimum Gasteiger partial charge on any atom is -0.512 e. The van der Waals surface area contributed by atoms with E-state index < -0.39 is 5.92 Å². The van der Waals surface area contributed by atoms with E-state index in [0.29, 0.717) is 44.8 Å². The van der Waals surface area contributed by atoms with E-state index in [2.05, 4.69) is 71.1 Å². The molecular weight excluding hydrogens is 590 g/mol. The Hall–Kier alpha value is -4.36. The maximum atomic E-state index is 13.6. The molecule has 1 amide bonds. The molecule has 1 aliphatic carbocycles. The van der Waals surface area contributed by atoms with Gasteiger partial charge in [-0.15, -0.1) is 0 Å². The van der Waals surface area contributed by atoms with Crippen LogP contribution in [0, 0.1) is 24.2 Å². The number of nitrogens with zero attached hydrogens (tertiary/aromatic N) is 7. The van der Waals surface area contributed by atoms with E-state index in [1.807, 2.05) is 0 Å². The summed E-state index contributed by atoms with van der Waals surface area (Å²) >= 11 is 0. The van der Waals surface area contributed by atoms with Crippen molar-refractivity contribution in [3.63, 3.8) is 0 Å². The summed E-state index contributed by atoms with van der Waals surface area (Å²) in [4.78, 5) is 32.4. The van der Waals surface area contributed by atoms with Crippen molar-refractivity contribution in [1.82, 2.24) is 19.8 Å². The van der Waals surface area contributed by atoms with Crippen LogP contribution in [0.3, 0.4) is 0 Å². The molecule has 1 unspecified atom stereocenters. The molecule has 3 atom stereocenters. The lowest BCUT2D eigenvalue weighted by molar-refractivity contribution is -0.137. The molecule has 246 valence electrons. The Balaban J connectivity index is 1.19. The first-order chi connectivity index (χ1) is 22.8. The van der Waals surface area contributed by atoms with E-state index in [1.54, 1.807) is 11.8 Å². The predicted molar refractivity (Wildman–Crippen MR) is 183 cm³/mol. The highest BCUT2D eigenvalue weighted by atomic mass is 16.5. The Morgan fingerprint density at radius 3 is 2.62 bits per heavy atom. The first kappa shape index (κ1) is 31.3. The SMILES string of the molecule is Cc1cccc2cccc(N3CCc4c(nc(OC[C@@H]5CCCN5C)nc4N4CCN(C(=O)C(C)C(O)=C5CC5)[C@@H](CC#N)C4)C3)c12. The lowest BCUT2D eigenvalue weighted by atomic mass is 9.99. The molecule has 1 saturated carbocycles. The number of hydrogen-bond acceptors (Lipinski definition) is 9. The van der Waals surface area contributed by atoms with Gasteiger partial charge in [0.25, 0.3) is 0 Å². The number of nitriles is 1. The van der Waals surface area contributed by atoms with Crippen LogP contribution in [-0.2, 0) is 17.8 Å². The van der Waals surface area contributed by atoms with Crippen LogP contribution in [0.5, 0.6) is 6.01 Å². The van der Waals surface area contributed by atoms with Crippen molar-refractivity contribution >= 4 is 28.2 Å². The number of aryl methyl sites for hydroxylation is 1. The molecular formula is C37H45N7O3. The molecule has 4 aliphatic rings. The molecule has 1 N–H and O–H groups in total. The number of aliphatic hydroxyl groups is 1. The molecule has 0 spiro atoms. The number of aromatic nitrogens is 2. The van der Waals surface area contributed by atoms with Gasteiger partial charge >= 0.3 is 6.01 Å². The van der Waals surface area contributed by atoms with Crippen LogP contribution in [0.4, 0.5) is 11.5 Å². The largest absolute Gasteiger partial charge is 0.512 e. The number of likely N-dealkylation sites (N-methyl/N-ethyl adjacent to an activating group) is 1. The number of amides is 1. The van der Waals surface area contributed by atoms with Crippen LogP contribution in [0.15, 0.2) is 47.7 Å². The number of piperazine rings is 1. The summed E-state index contributed by atoms with van der Waals surface area (Å²) in [7, 11) is 2.14. The summed E-state index contributed by atoms with van der Waals surface area (Å²) in [6.45, 7) is 8.55. The monoisotopic (exact) mass is 635 g/mol. The van der Waals surface area contributed by atoms with E-state index in [4.69, 9.17) is 14.7 Å². The van der Waals surface area contributed by atoms with Gasteiger partial charge in [0.15, 0.2) is 0 Å². The number of anilines is 2. The Labute approximate surface area is 277 Å². The van der Waals surface area contributed by atoms with Gasteiger partial charge in [0.1, 0.15) is 18.2 Å². The van der Waals surface area contributed by atoms with E-state index in [9.17, 15) is 15.2 Å². The average Bonchev–Trinajstić information content (AvgIpc) is 3.86. The van der Waals surface area contributed by atoms with Gasteiger partial charge in [-0.3, -0.25) is 4.79 Å². The number of hydrogen-bond donors (Lipinski definition) is 1. The maximum Gasteiger partial charge on any atom is 0.318 e. The van der Waals surface area contributed by atoms with Gasteiger partial charge in [-0.05, 0) is 82.1 Å². The van der Waals surface area contributed by atoms with Crippen LogP contribution in [-0.4, -0.2) is 89.2 Å². The minimum absolute atomic E-state index is 0.114. The molecule has 2 saturated heterocycles. The van der Waals surface area contributed by atoms with Gasteiger partial charge in [-0.1, -0.05) is 30.3 Å². The second-order valence-corrected chi connectivity index (χ2v) is 13.7. The number of ether oxygens (including phenoxy) is 1. The summed E-state index contributed by atoms with van der Waals surface area (Å²) in [5, 5.41) is 22.9. The molecule has 7 rings (SSSR count). The van der Waals surface area contributed by atoms with Crippen molar-refractivity contribution in [3.05, 3.63) is 64.6 Å².